The van der Waals surface area contributed by atoms with E-state index in [1.165, 1.54) is 0 Å². The predicted octanol–water partition coefficient (Wildman–Crippen LogP) is 2.93. The first-order valence-corrected chi connectivity index (χ1v) is 7.15. The molecule has 0 saturated carbocycles. The van der Waals surface area contributed by atoms with Crippen LogP contribution in [0.5, 0.6) is 0 Å². The molecule has 0 saturated heterocycles. The minimum Gasteiger partial charge on any atom is -0.244 e. The number of hydrogen-bond acceptors (Lipinski definition) is 1. The van der Waals surface area contributed by atoms with Crippen LogP contribution in [-0.2, 0) is 5.75 Å². The summed E-state index contributed by atoms with van der Waals surface area (Å²) in [6.45, 7) is 0. The van der Waals surface area contributed by atoms with Gasteiger partial charge in [0, 0.05) is 5.75 Å². The zero-order valence-electron chi connectivity index (χ0n) is 7.67. The van der Waals surface area contributed by atoms with Crippen LogP contribution in [0.1, 0.15) is 5.69 Å². The molecular formula is C9H14ClNS. The van der Waals surface area contributed by atoms with E-state index in [9.17, 15) is 0 Å². The topological polar surface area (TPSA) is 12.9 Å². The van der Waals surface area contributed by atoms with Crippen molar-refractivity contribution in [2.75, 3.05) is 18.8 Å². The second-order valence-electron chi connectivity index (χ2n) is 3.69. The molecule has 1 heterocycles. The Morgan fingerprint density at radius 1 is 1.33 bits per heavy atom. The molecule has 0 aliphatic rings. The Kier molecular flexibility index (Phi) is 3.02. The highest BCUT2D eigenvalue weighted by molar-refractivity contribution is 8.31. The van der Waals surface area contributed by atoms with Crippen molar-refractivity contribution in [1.29, 1.82) is 0 Å². The molecule has 0 aliphatic heterocycles. The Balaban J connectivity index is 2.77. The largest absolute Gasteiger partial charge is 0.244 e. The van der Waals surface area contributed by atoms with Crippen LogP contribution in [-0.4, -0.2) is 23.8 Å². The molecular weight excluding hydrogens is 190 g/mol. The van der Waals surface area contributed by atoms with Crippen LogP contribution in [0.3, 0.4) is 0 Å². The van der Waals surface area contributed by atoms with Gasteiger partial charge >= 0.3 is 0 Å². The van der Waals surface area contributed by atoms with Gasteiger partial charge in [0.25, 0.3) is 0 Å². The summed E-state index contributed by atoms with van der Waals surface area (Å²) in [5, 5.41) is 0.594. The monoisotopic (exact) mass is 203 g/mol. The second kappa shape index (κ2) is 3.67. The number of rotatable bonds is 2. The van der Waals surface area contributed by atoms with E-state index in [-0.39, 0.29) is 0 Å². The van der Waals surface area contributed by atoms with Crippen molar-refractivity contribution in [3.63, 3.8) is 0 Å². The predicted molar refractivity (Wildman–Crippen MR) is 58.3 cm³/mol. The zero-order chi connectivity index (χ0) is 9.19. The molecule has 0 aliphatic carbocycles. The molecule has 0 spiro atoms. The van der Waals surface area contributed by atoms with E-state index in [0.717, 1.165) is 11.4 Å². The van der Waals surface area contributed by atoms with Crippen LogP contribution in [0.4, 0.5) is 0 Å². The highest BCUT2D eigenvalue weighted by Crippen LogP contribution is 2.38. The van der Waals surface area contributed by atoms with E-state index < -0.39 is 10.0 Å². The Morgan fingerprint density at radius 3 is 2.50 bits per heavy atom. The Labute approximate surface area is 80.5 Å². The molecule has 0 aromatic carbocycles. The van der Waals surface area contributed by atoms with Gasteiger partial charge in [-0.05, 0) is 30.9 Å². The molecule has 3 heteroatoms. The maximum atomic E-state index is 5.77. The van der Waals surface area contributed by atoms with Crippen molar-refractivity contribution < 1.29 is 0 Å². The van der Waals surface area contributed by atoms with Crippen LogP contribution >= 0.6 is 21.6 Å². The number of halogens is 1. The van der Waals surface area contributed by atoms with Crippen LogP contribution in [0, 0.1) is 0 Å². The summed E-state index contributed by atoms with van der Waals surface area (Å²) in [5.41, 5.74) is 1.10. The summed E-state index contributed by atoms with van der Waals surface area (Å²) >= 11 is 5.77. The molecule has 0 radical (unpaired) electrons. The average molecular weight is 204 g/mol. The Bertz CT molecular complexity index is 267. The number of pyridine rings is 1. The molecule has 0 N–H and O–H groups in total. The van der Waals surface area contributed by atoms with Crippen LogP contribution < -0.4 is 0 Å². The summed E-state index contributed by atoms with van der Waals surface area (Å²) in [6, 6.07) is 5.79. The van der Waals surface area contributed by atoms with E-state index in [1.807, 2.05) is 18.2 Å². The summed E-state index contributed by atoms with van der Waals surface area (Å²) in [6.07, 6.45) is 6.82. The smallest absolute Gasteiger partial charge is 0.129 e. The number of nitrogens with zero attached hydrogens (tertiary/aromatic N) is 1. The minimum absolute atomic E-state index is 0.515. The molecule has 0 fully saturated rings. The van der Waals surface area contributed by atoms with Gasteiger partial charge in [-0.2, -0.15) is 0 Å². The maximum absolute atomic E-state index is 5.77. The molecule has 1 rings (SSSR count). The quantitative estimate of drug-likeness (QED) is 0.674. The van der Waals surface area contributed by atoms with E-state index in [4.69, 9.17) is 11.6 Å². The lowest BCUT2D eigenvalue weighted by Crippen LogP contribution is -1.98. The van der Waals surface area contributed by atoms with Gasteiger partial charge in [0.1, 0.15) is 5.15 Å². The summed E-state index contributed by atoms with van der Waals surface area (Å²) < 4.78 is 0. The maximum Gasteiger partial charge on any atom is 0.129 e. The second-order valence-corrected chi connectivity index (χ2v) is 8.54. The average Bonchev–Trinajstić information content (AvgIpc) is 1.82. The fourth-order valence-corrected chi connectivity index (χ4v) is 2.20. The van der Waals surface area contributed by atoms with Crippen molar-refractivity contribution in [2.24, 2.45) is 0 Å². The SMILES string of the molecule is CS(C)(C)Cc1cccc(Cl)n1. The normalized spacial score (nSPS) is 13.0. The van der Waals surface area contributed by atoms with E-state index in [1.54, 1.807) is 0 Å². The van der Waals surface area contributed by atoms with Gasteiger partial charge in [-0.25, -0.2) is 15.0 Å². The molecule has 1 aromatic rings. The number of aromatic nitrogens is 1. The summed E-state index contributed by atoms with van der Waals surface area (Å²) in [5.74, 6) is 1.05. The lowest BCUT2D eigenvalue weighted by molar-refractivity contribution is 1.17. The van der Waals surface area contributed by atoms with E-state index in [0.29, 0.717) is 5.15 Å². The summed E-state index contributed by atoms with van der Waals surface area (Å²) in [4.78, 5) is 4.24. The zero-order valence-corrected chi connectivity index (χ0v) is 9.25. The molecule has 12 heavy (non-hydrogen) atoms. The Hall–Kier alpha value is -0.210. The van der Waals surface area contributed by atoms with Crippen molar-refractivity contribution in [3.05, 3.63) is 29.0 Å². The lowest BCUT2D eigenvalue weighted by Gasteiger charge is -2.24. The highest BCUT2D eigenvalue weighted by atomic mass is 35.5. The van der Waals surface area contributed by atoms with E-state index >= 15 is 0 Å². The van der Waals surface area contributed by atoms with Crippen molar-refractivity contribution >= 4 is 21.6 Å². The van der Waals surface area contributed by atoms with Gasteiger partial charge in [-0.15, -0.1) is 0 Å². The standard InChI is InChI=1S/C9H14ClNS/c1-12(2,3)7-8-5-4-6-9(10)11-8/h4-6H,7H2,1-3H3. The summed E-state index contributed by atoms with van der Waals surface area (Å²) in [7, 11) is -0.515. The number of hydrogen-bond donors (Lipinski definition) is 0. The fourth-order valence-electron chi connectivity index (χ4n) is 0.974. The highest BCUT2D eigenvalue weighted by Gasteiger charge is 2.06. The van der Waals surface area contributed by atoms with Gasteiger partial charge in [-0.3, -0.25) is 0 Å². The van der Waals surface area contributed by atoms with Gasteiger partial charge in [0.15, 0.2) is 0 Å². The van der Waals surface area contributed by atoms with Crippen LogP contribution in [0.15, 0.2) is 18.2 Å². The molecule has 0 amide bonds. The van der Waals surface area contributed by atoms with Gasteiger partial charge in [0.05, 0.1) is 5.69 Å². The third-order valence-electron chi connectivity index (χ3n) is 1.35. The van der Waals surface area contributed by atoms with Crippen molar-refractivity contribution in [3.8, 4) is 0 Å². The minimum atomic E-state index is -0.515. The van der Waals surface area contributed by atoms with Crippen LogP contribution in [0.2, 0.25) is 5.15 Å². The van der Waals surface area contributed by atoms with E-state index in [2.05, 4.69) is 23.8 Å². The molecule has 0 atom stereocenters. The first kappa shape index (κ1) is 9.87. The third-order valence-corrected chi connectivity index (χ3v) is 2.73. The first-order chi connectivity index (χ1) is 5.47. The van der Waals surface area contributed by atoms with Crippen molar-refractivity contribution in [2.45, 2.75) is 5.75 Å². The Morgan fingerprint density at radius 2 is 2.00 bits per heavy atom. The molecule has 0 bridgehead atoms. The van der Waals surface area contributed by atoms with Crippen LogP contribution in [0.25, 0.3) is 0 Å². The molecule has 0 unspecified atom stereocenters. The molecule has 68 valence electrons. The lowest BCUT2D eigenvalue weighted by atomic mass is 10.4. The fraction of sp³-hybridized carbons (Fsp3) is 0.444. The van der Waals surface area contributed by atoms with Gasteiger partial charge in [-0.1, -0.05) is 17.7 Å². The molecule has 1 aromatic heterocycles. The molecule has 1 nitrogen and oxygen atoms in total. The van der Waals surface area contributed by atoms with Gasteiger partial charge < -0.3 is 0 Å². The van der Waals surface area contributed by atoms with Crippen molar-refractivity contribution in [1.82, 2.24) is 4.98 Å². The van der Waals surface area contributed by atoms with Gasteiger partial charge in [0.2, 0.25) is 0 Å². The first-order valence-electron chi connectivity index (χ1n) is 3.75. The third kappa shape index (κ3) is 3.46.